The molecule has 2 aromatic rings. The van der Waals surface area contributed by atoms with E-state index >= 15 is 0 Å². The summed E-state index contributed by atoms with van der Waals surface area (Å²) in [6, 6.07) is 6.34. The molecule has 1 aromatic heterocycles. The van der Waals surface area contributed by atoms with Crippen LogP contribution in [-0.2, 0) is 13.0 Å². The summed E-state index contributed by atoms with van der Waals surface area (Å²) in [5, 5.41) is 0. The second-order valence-electron chi connectivity index (χ2n) is 7.12. The van der Waals surface area contributed by atoms with Crippen molar-refractivity contribution in [3.8, 4) is 0 Å². The molecule has 2 heterocycles. The third-order valence-corrected chi connectivity index (χ3v) is 5.55. The summed E-state index contributed by atoms with van der Waals surface area (Å²) in [6.07, 6.45) is 6.25. The first-order chi connectivity index (χ1) is 12.6. The van der Waals surface area contributed by atoms with Gasteiger partial charge in [0.2, 0.25) is 11.9 Å². The van der Waals surface area contributed by atoms with E-state index in [9.17, 15) is 0 Å². The van der Waals surface area contributed by atoms with Gasteiger partial charge in [0.1, 0.15) is 11.5 Å². The number of guanidine groups is 2. The Morgan fingerprint density at radius 2 is 1.88 bits per heavy atom. The average Bonchev–Trinajstić information content (AvgIpc) is 2.98. The van der Waals surface area contributed by atoms with E-state index in [1.54, 1.807) is 0 Å². The average molecular weight is 353 g/mol. The molecule has 7 heteroatoms. The monoisotopic (exact) mass is 353 g/mol. The first-order valence-corrected chi connectivity index (χ1v) is 9.57. The molecule has 0 saturated heterocycles. The van der Waals surface area contributed by atoms with Gasteiger partial charge in [-0.15, -0.1) is 0 Å². The van der Waals surface area contributed by atoms with Crippen molar-refractivity contribution in [3.63, 3.8) is 0 Å². The number of fused-ring (bicyclic) bond motifs is 1. The molecule has 2 aliphatic rings. The number of nitrogens with zero attached hydrogens (tertiary/aromatic N) is 5. The molecule has 4 N–H and O–H groups in total. The Labute approximate surface area is 153 Å². The minimum atomic E-state index is -0.414. The van der Waals surface area contributed by atoms with Crippen LogP contribution in [0.2, 0.25) is 0 Å². The molecular formula is C19H27N7. The molecule has 0 amide bonds. The van der Waals surface area contributed by atoms with Crippen LogP contribution in [0.25, 0.3) is 11.0 Å². The summed E-state index contributed by atoms with van der Waals surface area (Å²) in [7, 11) is 0. The lowest BCUT2D eigenvalue weighted by Gasteiger charge is -2.45. The Morgan fingerprint density at radius 3 is 2.58 bits per heavy atom. The molecule has 1 aromatic carbocycles. The van der Waals surface area contributed by atoms with Crippen LogP contribution in [0.15, 0.2) is 28.2 Å². The Kier molecular flexibility index (Phi) is 4.09. The Bertz CT molecular complexity index is 887. The molecule has 4 rings (SSSR count). The predicted octanol–water partition coefficient (Wildman–Crippen LogP) is 2.73. The lowest BCUT2D eigenvalue weighted by molar-refractivity contribution is 0.305. The third kappa shape index (κ3) is 2.53. The smallest absolute Gasteiger partial charge is 0.220 e. The summed E-state index contributed by atoms with van der Waals surface area (Å²) in [4.78, 5) is 15.9. The van der Waals surface area contributed by atoms with Crippen molar-refractivity contribution < 1.29 is 0 Å². The van der Waals surface area contributed by atoms with Gasteiger partial charge in [0.05, 0.1) is 11.0 Å². The van der Waals surface area contributed by atoms with E-state index in [4.69, 9.17) is 21.4 Å². The van der Waals surface area contributed by atoms with Crippen molar-refractivity contribution in [2.75, 3.05) is 4.90 Å². The first-order valence-electron chi connectivity index (χ1n) is 9.57. The zero-order valence-electron chi connectivity index (χ0n) is 15.6. The fourth-order valence-electron chi connectivity index (χ4n) is 4.42. The number of rotatable bonds is 3. The number of hydrogen-bond donors (Lipinski definition) is 2. The standard InChI is InChI=1S/C19H27N7/c1-3-16-22-14-12-13(8-9-15(14)25(16)4-2)26-18(21)23-17(20)24-19(26)10-6-5-7-11-19/h8-9,12H,3-7,10-11H2,1-2H3,(H4,20,21,23,24). The van der Waals surface area contributed by atoms with E-state index in [0.717, 1.165) is 61.2 Å². The number of aromatic nitrogens is 2. The van der Waals surface area contributed by atoms with Crippen LogP contribution in [0.3, 0.4) is 0 Å². The minimum absolute atomic E-state index is 0.283. The summed E-state index contributed by atoms with van der Waals surface area (Å²) in [5.74, 6) is 1.81. The summed E-state index contributed by atoms with van der Waals surface area (Å²) in [6.45, 7) is 5.20. The largest absolute Gasteiger partial charge is 0.369 e. The van der Waals surface area contributed by atoms with Crippen molar-refractivity contribution in [1.29, 1.82) is 0 Å². The van der Waals surface area contributed by atoms with Crippen LogP contribution in [-0.4, -0.2) is 27.1 Å². The molecule has 0 bridgehead atoms. The second kappa shape index (κ2) is 6.30. The van der Waals surface area contributed by atoms with E-state index in [-0.39, 0.29) is 5.96 Å². The van der Waals surface area contributed by atoms with E-state index in [0.29, 0.717) is 5.96 Å². The fraction of sp³-hybridized carbons (Fsp3) is 0.526. The molecule has 7 nitrogen and oxygen atoms in total. The van der Waals surface area contributed by atoms with Gasteiger partial charge in [-0.1, -0.05) is 13.3 Å². The number of anilines is 1. The van der Waals surface area contributed by atoms with Gasteiger partial charge in [0, 0.05) is 18.7 Å². The van der Waals surface area contributed by atoms with E-state index < -0.39 is 5.66 Å². The molecule has 1 fully saturated rings. The summed E-state index contributed by atoms with van der Waals surface area (Å²) < 4.78 is 2.26. The van der Waals surface area contributed by atoms with E-state index in [2.05, 4.69) is 46.5 Å². The van der Waals surface area contributed by atoms with Gasteiger partial charge in [-0.2, -0.15) is 4.99 Å². The van der Waals surface area contributed by atoms with Gasteiger partial charge in [-0.25, -0.2) is 9.98 Å². The maximum Gasteiger partial charge on any atom is 0.220 e. The van der Waals surface area contributed by atoms with Gasteiger partial charge >= 0.3 is 0 Å². The minimum Gasteiger partial charge on any atom is -0.369 e. The van der Waals surface area contributed by atoms with Crippen molar-refractivity contribution in [2.45, 2.75) is 64.6 Å². The number of hydrogen-bond acceptors (Lipinski definition) is 6. The van der Waals surface area contributed by atoms with Gasteiger partial charge < -0.3 is 16.0 Å². The highest BCUT2D eigenvalue weighted by Crippen LogP contribution is 2.40. The van der Waals surface area contributed by atoms with Gasteiger partial charge in [0.15, 0.2) is 0 Å². The van der Waals surface area contributed by atoms with Gasteiger partial charge in [-0.05, 0) is 50.8 Å². The molecular weight excluding hydrogens is 326 g/mol. The van der Waals surface area contributed by atoms with Crippen LogP contribution in [0.4, 0.5) is 5.69 Å². The molecule has 0 unspecified atom stereocenters. The highest BCUT2D eigenvalue weighted by Gasteiger charge is 2.42. The first kappa shape index (κ1) is 16.9. The van der Waals surface area contributed by atoms with Crippen molar-refractivity contribution in [2.24, 2.45) is 21.5 Å². The molecule has 1 spiro atoms. The number of aryl methyl sites for hydroxylation is 2. The maximum atomic E-state index is 6.33. The Balaban J connectivity index is 1.83. The van der Waals surface area contributed by atoms with Crippen LogP contribution in [0, 0.1) is 0 Å². The predicted molar refractivity (Wildman–Crippen MR) is 106 cm³/mol. The highest BCUT2D eigenvalue weighted by atomic mass is 15.4. The van der Waals surface area contributed by atoms with Gasteiger partial charge in [-0.3, -0.25) is 4.90 Å². The third-order valence-electron chi connectivity index (χ3n) is 5.55. The van der Waals surface area contributed by atoms with Crippen molar-refractivity contribution >= 4 is 28.6 Å². The van der Waals surface area contributed by atoms with Crippen LogP contribution < -0.4 is 16.4 Å². The van der Waals surface area contributed by atoms with Crippen LogP contribution in [0.5, 0.6) is 0 Å². The lowest BCUT2D eigenvalue weighted by atomic mass is 9.87. The molecule has 26 heavy (non-hydrogen) atoms. The lowest BCUT2D eigenvalue weighted by Crippen LogP contribution is -2.58. The zero-order valence-corrected chi connectivity index (χ0v) is 15.6. The molecule has 0 atom stereocenters. The topological polar surface area (TPSA) is 97.8 Å². The Morgan fingerprint density at radius 1 is 1.12 bits per heavy atom. The number of benzene rings is 1. The normalized spacial score (nSPS) is 19.7. The van der Waals surface area contributed by atoms with Crippen LogP contribution >= 0.6 is 0 Å². The quantitative estimate of drug-likeness (QED) is 0.886. The zero-order chi connectivity index (χ0) is 18.3. The fourth-order valence-corrected chi connectivity index (χ4v) is 4.42. The SMILES string of the molecule is CCc1nc2cc(N3C(N)=NC(N)=NC34CCCCC4)ccc2n1CC. The molecule has 1 saturated carbocycles. The Hall–Kier alpha value is -2.57. The second-order valence-corrected chi connectivity index (χ2v) is 7.12. The molecule has 138 valence electrons. The maximum absolute atomic E-state index is 6.33. The summed E-state index contributed by atoms with van der Waals surface area (Å²) in [5.41, 5.74) is 15.0. The highest BCUT2D eigenvalue weighted by molar-refractivity contribution is 6.06. The molecule has 0 radical (unpaired) electrons. The summed E-state index contributed by atoms with van der Waals surface area (Å²) >= 11 is 0. The van der Waals surface area contributed by atoms with E-state index in [1.807, 2.05) is 0 Å². The molecule has 1 aliphatic carbocycles. The van der Waals surface area contributed by atoms with E-state index in [1.165, 1.54) is 6.42 Å². The van der Waals surface area contributed by atoms with Crippen molar-refractivity contribution in [3.05, 3.63) is 24.0 Å². The van der Waals surface area contributed by atoms with Gasteiger partial charge in [0.25, 0.3) is 0 Å². The van der Waals surface area contributed by atoms with Crippen molar-refractivity contribution in [1.82, 2.24) is 9.55 Å². The number of imidazole rings is 1. The number of nitrogens with two attached hydrogens (primary N) is 2. The van der Waals surface area contributed by atoms with Crippen LogP contribution in [0.1, 0.15) is 51.8 Å². The molecule has 1 aliphatic heterocycles. The number of aliphatic imine (C=N–C) groups is 2.